The van der Waals surface area contributed by atoms with Crippen molar-refractivity contribution in [1.29, 1.82) is 5.26 Å². The number of alkyl halides is 1. The van der Waals surface area contributed by atoms with Crippen LogP contribution in [0.15, 0.2) is 0 Å². The third kappa shape index (κ3) is 6.76. The molecule has 0 radical (unpaired) electrons. The van der Waals surface area contributed by atoms with Gasteiger partial charge in [0, 0.05) is 33.0 Å². The standard InChI is InChI=1S/C20H35FN4O2/c1-7-24(8-2)10-9-18(26)23(6)17(12-20(4,5)21)19(27)25-14-15(3)11-16(25)13-22/h15-17H,7-12,14H2,1-6H3. The van der Waals surface area contributed by atoms with Crippen LogP contribution in [0.5, 0.6) is 0 Å². The summed E-state index contributed by atoms with van der Waals surface area (Å²) in [5.74, 6) is -0.276. The lowest BCUT2D eigenvalue weighted by Gasteiger charge is -2.34. The number of likely N-dealkylation sites (N-methyl/N-ethyl adjacent to an activating group) is 1. The maximum atomic E-state index is 14.4. The number of halogens is 1. The topological polar surface area (TPSA) is 67.7 Å². The predicted octanol–water partition coefficient (Wildman–Crippen LogP) is 2.44. The molecule has 6 nitrogen and oxygen atoms in total. The third-order valence-corrected chi connectivity index (χ3v) is 5.30. The van der Waals surface area contributed by atoms with E-state index in [9.17, 15) is 19.2 Å². The van der Waals surface area contributed by atoms with Gasteiger partial charge in [-0.1, -0.05) is 20.8 Å². The Balaban J connectivity index is 2.94. The summed E-state index contributed by atoms with van der Waals surface area (Å²) in [6, 6.07) is 0.772. The van der Waals surface area contributed by atoms with Crippen molar-refractivity contribution in [2.75, 3.05) is 33.2 Å². The van der Waals surface area contributed by atoms with Crippen LogP contribution in [0.4, 0.5) is 4.39 Å². The van der Waals surface area contributed by atoms with Gasteiger partial charge < -0.3 is 14.7 Å². The second-order valence-corrected chi connectivity index (χ2v) is 8.20. The lowest BCUT2D eigenvalue weighted by molar-refractivity contribution is -0.146. The summed E-state index contributed by atoms with van der Waals surface area (Å²) in [7, 11) is 1.57. The van der Waals surface area contributed by atoms with E-state index < -0.39 is 17.8 Å². The van der Waals surface area contributed by atoms with Gasteiger partial charge in [-0.2, -0.15) is 5.26 Å². The summed E-state index contributed by atoms with van der Waals surface area (Å²) in [6.07, 6.45) is 0.822. The molecule has 1 rings (SSSR count). The van der Waals surface area contributed by atoms with Crippen molar-refractivity contribution < 1.29 is 14.0 Å². The fourth-order valence-corrected chi connectivity index (χ4v) is 3.60. The predicted molar refractivity (Wildman–Crippen MR) is 104 cm³/mol. The van der Waals surface area contributed by atoms with E-state index in [0.29, 0.717) is 19.5 Å². The lowest BCUT2D eigenvalue weighted by atomic mass is 9.98. The molecule has 0 saturated carbocycles. The minimum Gasteiger partial charge on any atom is -0.334 e. The first kappa shape index (κ1) is 23.4. The van der Waals surface area contributed by atoms with Crippen LogP contribution in [0, 0.1) is 17.2 Å². The Morgan fingerprint density at radius 3 is 2.41 bits per heavy atom. The largest absolute Gasteiger partial charge is 0.334 e. The van der Waals surface area contributed by atoms with Crippen LogP contribution in [0.25, 0.3) is 0 Å². The van der Waals surface area contributed by atoms with Crippen molar-refractivity contribution >= 4 is 11.8 Å². The SMILES string of the molecule is CCN(CC)CCC(=O)N(C)C(CC(C)(C)F)C(=O)N1CC(C)CC1C#N. The molecule has 0 spiro atoms. The van der Waals surface area contributed by atoms with Crippen LogP contribution >= 0.6 is 0 Å². The Morgan fingerprint density at radius 1 is 1.33 bits per heavy atom. The summed E-state index contributed by atoms with van der Waals surface area (Å²) in [6.45, 7) is 11.7. The molecule has 0 bridgehead atoms. The van der Waals surface area contributed by atoms with Crippen LogP contribution in [-0.4, -0.2) is 77.5 Å². The molecule has 0 aliphatic carbocycles. The zero-order chi connectivity index (χ0) is 20.8. The lowest BCUT2D eigenvalue weighted by Crippen LogP contribution is -2.52. The fourth-order valence-electron chi connectivity index (χ4n) is 3.60. The molecule has 1 fully saturated rings. The van der Waals surface area contributed by atoms with E-state index in [1.807, 2.05) is 20.8 Å². The van der Waals surface area contributed by atoms with Crippen molar-refractivity contribution in [1.82, 2.24) is 14.7 Å². The van der Waals surface area contributed by atoms with E-state index in [0.717, 1.165) is 13.1 Å². The Bertz CT molecular complexity index is 551. The van der Waals surface area contributed by atoms with E-state index in [-0.39, 0.29) is 30.6 Å². The summed E-state index contributed by atoms with van der Waals surface area (Å²) in [5, 5.41) is 9.36. The smallest absolute Gasteiger partial charge is 0.246 e. The van der Waals surface area contributed by atoms with Crippen molar-refractivity contribution in [3.63, 3.8) is 0 Å². The molecule has 0 aromatic heterocycles. The molecule has 1 aliphatic heterocycles. The number of rotatable bonds is 9. The Kier molecular flexibility index (Phi) is 8.67. The molecule has 2 amide bonds. The van der Waals surface area contributed by atoms with Crippen LogP contribution < -0.4 is 0 Å². The molecule has 1 heterocycles. The van der Waals surface area contributed by atoms with Crippen molar-refractivity contribution in [3.8, 4) is 6.07 Å². The average molecular weight is 383 g/mol. The van der Waals surface area contributed by atoms with E-state index in [4.69, 9.17) is 0 Å². The average Bonchev–Trinajstić information content (AvgIpc) is 2.99. The molecule has 0 aromatic rings. The number of hydrogen-bond acceptors (Lipinski definition) is 4. The van der Waals surface area contributed by atoms with Crippen LogP contribution in [-0.2, 0) is 9.59 Å². The summed E-state index contributed by atoms with van der Waals surface area (Å²) < 4.78 is 14.4. The normalized spacial score (nSPS) is 21.2. The number of amides is 2. The van der Waals surface area contributed by atoms with Gasteiger partial charge in [0.1, 0.15) is 17.8 Å². The van der Waals surface area contributed by atoms with Gasteiger partial charge in [0.05, 0.1) is 6.07 Å². The van der Waals surface area contributed by atoms with Crippen molar-refractivity contribution in [2.24, 2.45) is 5.92 Å². The fraction of sp³-hybridized carbons (Fsp3) is 0.850. The van der Waals surface area contributed by atoms with E-state index in [1.54, 1.807) is 7.05 Å². The van der Waals surface area contributed by atoms with Gasteiger partial charge in [0.2, 0.25) is 11.8 Å². The molecule has 3 unspecified atom stereocenters. The molecule has 0 aromatic carbocycles. The molecule has 154 valence electrons. The summed E-state index contributed by atoms with van der Waals surface area (Å²) in [4.78, 5) is 30.9. The zero-order valence-corrected chi connectivity index (χ0v) is 17.7. The quantitative estimate of drug-likeness (QED) is 0.614. The highest BCUT2D eigenvalue weighted by atomic mass is 19.1. The highest BCUT2D eigenvalue weighted by molar-refractivity contribution is 5.88. The van der Waals surface area contributed by atoms with Crippen LogP contribution in [0.3, 0.4) is 0 Å². The highest BCUT2D eigenvalue weighted by Gasteiger charge is 2.41. The number of nitrogens with zero attached hydrogens (tertiary/aromatic N) is 4. The second kappa shape index (κ2) is 10.0. The van der Waals surface area contributed by atoms with Gasteiger partial charge in [-0.3, -0.25) is 9.59 Å². The maximum absolute atomic E-state index is 14.4. The van der Waals surface area contributed by atoms with Crippen molar-refractivity contribution in [3.05, 3.63) is 0 Å². The molecule has 0 N–H and O–H groups in total. The first-order valence-electron chi connectivity index (χ1n) is 9.91. The molecular weight excluding hydrogens is 347 g/mol. The molecular formula is C20H35FN4O2. The zero-order valence-electron chi connectivity index (χ0n) is 17.7. The number of hydrogen-bond donors (Lipinski definition) is 0. The number of carbonyl (C=O) groups excluding carboxylic acids is 2. The number of carbonyl (C=O) groups is 2. The van der Waals surface area contributed by atoms with Gasteiger partial charge >= 0.3 is 0 Å². The summed E-state index contributed by atoms with van der Waals surface area (Å²) >= 11 is 0. The molecule has 3 atom stereocenters. The second-order valence-electron chi connectivity index (χ2n) is 8.20. The van der Waals surface area contributed by atoms with Gasteiger partial charge in [-0.25, -0.2) is 4.39 Å². The van der Waals surface area contributed by atoms with Gasteiger partial charge in [0.15, 0.2) is 0 Å². The minimum atomic E-state index is -1.60. The first-order chi connectivity index (χ1) is 12.5. The Hall–Kier alpha value is -1.68. The number of likely N-dealkylation sites (tertiary alicyclic amines) is 1. The van der Waals surface area contributed by atoms with Gasteiger partial charge in [0.25, 0.3) is 0 Å². The number of nitriles is 1. The first-order valence-corrected chi connectivity index (χ1v) is 9.91. The van der Waals surface area contributed by atoms with E-state index in [2.05, 4.69) is 11.0 Å². The minimum absolute atomic E-state index is 0.0810. The van der Waals surface area contributed by atoms with Crippen LogP contribution in [0.1, 0.15) is 53.9 Å². The Labute approximate surface area is 163 Å². The summed E-state index contributed by atoms with van der Waals surface area (Å²) in [5.41, 5.74) is -1.60. The maximum Gasteiger partial charge on any atom is 0.246 e. The molecule has 7 heteroatoms. The molecule has 1 saturated heterocycles. The van der Waals surface area contributed by atoms with Gasteiger partial charge in [-0.05, 0) is 39.3 Å². The van der Waals surface area contributed by atoms with Crippen LogP contribution in [0.2, 0.25) is 0 Å². The van der Waals surface area contributed by atoms with E-state index in [1.165, 1.54) is 23.6 Å². The van der Waals surface area contributed by atoms with Gasteiger partial charge in [-0.15, -0.1) is 0 Å². The monoisotopic (exact) mass is 382 g/mol. The third-order valence-electron chi connectivity index (χ3n) is 5.30. The van der Waals surface area contributed by atoms with Crippen molar-refractivity contribution in [2.45, 2.75) is 71.6 Å². The highest BCUT2D eigenvalue weighted by Crippen LogP contribution is 2.27. The van der Waals surface area contributed by atoms with E-state index >= 15 is 0 Å². The molecule has 27 heavy (non-hydrogen) atoms. The Morgan fingerprint density at radius 2 is 1.93 bits per heavy atom. The molecule has 1 aliphatic rings.